The molecule has 20 heavy (non-hydrogen) atoms. The van der Waals surface area contributed by atoms with Gasteiger partial charge in [-0.15, -0.1) is 0 Å². The summed E-state index contributed by atoms with van der Waals surface area (Å²) in [7, 11) is 1.87. The van der Waals surface area contributed by atoms with Gasteiger partial charge in [0.25, 0.3) is 0 Å². The summed E-state index contributed by atoms with van der Waals surface area (Å²) in [4.78, 5) is 4.17. The lowest BCUT2D eigenvalue weighted by Gasteiger charge is -2.13. The van der Waals surface area contributed by atoms with Crippen LogP contribution in [0.3, 0.4) is 0 Å². The Morgan fingerprint density at radius 2 is 2.00 bits per heavy atom. The summed E-state index contributed by atoms with van der Waals surface area (Å²) in [6.07, 6.45) is 1.73. The lowest BCUT2D eigenvalue weighted by molar-refractivity contribution is 0.242. The third-order valence-corrected chi connectivity index (χ3v) is 3.90. The molecule has 2 N–H and O–H groups in total. The monoisotopic (exact) mass is 292 g/mol. The van der Waals surface area contributed by atoms with Crippen molar-refractivity contribution in [1.29, 1.82) is 0 Å². The van der Waals surface area contributed by atoms with Crippen molar-refractivity contribution in [3.63, 3.8) is 0 Å². The van der Waals surface area contributed by atoms with E-state index >= 15 is 0 Å². The van der Waals surface area contributed by atoms with Gasteiger partial charge in [-0.1, -0.05) is 23.9 Å². The van der Waals surface area contributed by atoms with E-state index in [1.807, 2.05) is 45.2 Å². The standard InChI is InChI=1S/C14H20N4OS/c1-10(2)19-12-6-4-11(5-7-12)13(15)8-20-14-16-9-17-18(14)3/h4-7,9-10,13H,8,15H2,1-3H3. The minimum Gasteiger partial charge on any atom is -0.491 e. The van der Waals surface area contributed by atoms with Gasteiger partial charge in [-0.3, -0.25) is 0 Å². The third kappa shape index (κ3) is 3.98. The lowest BCUT2D eigenvalue weighted by atomic mass is 10.1. The first-order valence-corrected chi connectivity index (χ1v) is 7.54. The zero-order valence-electron chi connectivity index (χ0n) is 12.0. The Labute approximate surface area is 123 Å². The molecule has 6 heteroatoms. The van der Waals surface area contributed by atoms with E-state index in [-0.39, 0.29) is 12.1 Å². The molecule has 1 atom stereocenters. The van der Waals surface area contributed by atoms with Crippen LogP contribution in [0.15, 0.2) is 35.7 Å². The molecular weight excluding hydrogens is 272 g/mol. The van der Waals surface area contributed by atoms with E-state index in [1.165, 1.54) is 0 Å². The second kappa shape index (κ2) is 6.76. The highest BCUT2D eigenvalue weighted by Gasteiger charge is 2.09. The molecule has 0 aliphatic rings. The van der Waals surface area contributed by atoms with Gasteiger partial charge in [0.1, 0.15) is 12.1 Å². The number of thioether (sulfide) groups is 1. The van der Waals surface area contributed by atoms with Gasteiger partial charge in [0.05, 0.1) is 6.10 Å². The van der Waals surface area contributed by atoms with Crippen LogP contribution < -0.4 is 10.5 Å². The number of hydrogen-bond acceptors (Lipinski definition) is 5. The Balaban J connectivity index is 1.92. The highest BCUT2D eigenvalue weighted by atomic mass is 32.2. The van der Waals surface area contributed by atoms with Crippen molar-refractivity contribution in [1.82, 2.24) is 14.8 Å². The fraction of sp³-hybridized carbons (Fsp3) is 0.429. The summed E-state index contributed by atoms with van der Waals surface area (Å²) in [6.45, 7) is 4.02. The first-order chi connectivity index (χ1) is 9.56. The van der Waals surface area contributed by atoms with Crippen molar-refractivity contribution >= 4 is 11.8 Å². The topological polar surface area (TPSA) is 66.0 Å². The number of aryl methyl sites for hydroxylation is 1. The second-order valence-corrected chi connectivity index (χ2v) is 5.81. The third-order valence-electron chi connectivity index (χ3n) is 2.74. The smallest absolute Gasteiger partial charge is 0.185 e. The highest BCUT2D eigenvalue weighted by Crippen LogP contribution is 2.23. The molecule has 0 saturated heterocycles. The molecule has 0 bridgehead atoms. The van der Waals surface area contributed by atoms with Gasteiger partial charge in [-0.05, 0) is 31.5 Å². The molecule has 1 heterocycles. The van der Waals surface area contributed by atoms with Crippen LogP contribution in [-0.4, -0.2) is 26.6 Å². The summed E-state index contributed by atoms with van der Waals surface area (Å²) < 4.78 is 7.36. The average Bonchev–Trinajstić information content (AvgIpc) is 2.82. The van der Waals surface area contributed by atoms with Gasteiger partial charge in [-0.2, -0.15) is 5.10 Å². The Kier molecular flexibility index (Phi) is 5.03. The SMILES string of the molecule is CC(C)Oc1ccc(C(N)CSc2ncnn2C)cc1. The number of nitrogens with zero attached hydrogens (tertiary/aromatic N) is 3. The summed E-state index contributed by atoms with van der Waals surface area (Å²) in [5.41, 5.74) is 7.29. The second-order valence-electron chi connectivity index (χ2n) is 4.82. The van der Waals surface area contributed by atoms with Crippen LogP contribution in [-0.2, 0) is 7.05 Å². The van der Waals surface area contributed by atoms with E-state index in [0.717, 1.165) is 22.2 Å². The Morgan fingerprint density at radius 1 is 1.30 bits per heavy atom. The quantitative estimate of drug-likeness (QED) is 0.828. The van der Waals surface area contributed by atoms with Crippen molar-refractivity contribution in [2.24, 2.45) is 12.8 Å². The molecule has 0 aliphatic heterocycles. The maximum Gasteiger partial charge on any atom is 0.185 e. The van der Waals surface area contributed by atoms with E-state index < -0.39 is 0 Å². The van der Waals surface area contributed by atoms with Crippen molar-refractivity contribution in [2.75, 3.05) is 5.75 Å². The van der Waals surface area contributed by atoms with Gasteiger partial charge in [0.2, 0.25) is 0 Å². The predicted octanol–water partition coefficient (Wildman–Crippen LogP) is 2.39. The number of aromatic nitrogens is 3. The maximum atomic E-state index is 6.19. The van der Waals surface area contributed by atoms with E-state index in [9.17, 15) is 0 Å². The fourth-order valence-electron chi connectivity index (χ4n) is 1.74. The molecule has 0 fully saturated rings. The summed E-state index contributed by atoms with van der Waals surface area (Å²) in [6, 6.07) is 7.91. The van der Waals surface area contributed by atoms with Crippen molar-refractivity contribution in [3.8, 4) is 5.75 Å². The number of benzene rings is 1. The summed E-state index contributed by atoms with van der Waals surface area (Å²) >= 11 is 1.60. The van der Waals surface area contributed by atoms with Crippen LogP contribution in [0.2, 0.25) is 0 Å². The van der Waals surface area contributed by atoms with Crippen LogP contribution in [0, 0.1) is 0 Å². The van der Waals surface area contributed by atoms with Crippen molar-refractivity contribution in [3.05, 3.63) is 36.2 Å². The van der Waals surface area contributed by atoms with Gasteiger partial charge < -0.3 is 10.5 Å². The van der Waals surface area contributed by atoms with Crippen LogP contribution in [0.5, 0.6) is 5.75 Å². The minimum atomic E-state index is -0.0372. The van der Waals surface area contributed by atoms with Crippen LogP contribution in [0.1, 0.15) is 25.5 Å². The zero-order chi connectivity index (χ0) is 14.5. The zero-order valence-corrected chi connectivity index (χ0v) is 12.8. The Bertz CT molecular complexity index is 538. The van der Waals surface area contributed by atoms with Crippen LogP contribution >= 0.6 is 11.8 Å². The molecule has 0 aliphatic carbocycles. The minimum absolute atomic E-state index is 0.0372. The molecule has 0 amide bonds. The van der Waals surface area contributed by atoms with E-state index in [2.05, 4.69) is 10.1 Å². The summed E-state index contributed by atoms with van der Waals surface area (Å²) in [5, 5.41) is 4.91. The number of rotatable bonds is 6. The van der Waals surface area contributed by atoms with E-state index in [1.54, 1.807) is 22.8 Å². The Morgan fingerprint density at radius 3 is 2.55 bits per heavy atom. The molecule has 108 valence electrons. The molecule has 0 saturated carbocycles. The number of ether oxygens (including phenoxy) is 1. The molecule has 1 unspecified atom stereocenters. The fourth-order valence-corrected chi connectivity index (χ4v) is 2.62. The highest BCUT2D eigenvalue weighted by molar-refractivity contribution is 7.99. The molecule has 1 aromatic carbocycles. The molecule has 1 aromatic heterocycles. The first kappa shape index (κ1) is 14.9. The van der Waals surface area contributed by atoms with Gasteiger partial charge in [-0.25, -0.2) is 9.67 Å². The van der Waals surface area contributed by atoms with Crippen LogP contribution in [0.25, 0.3) is 0 Å². The first-order valence-electron chi connectivity index (χ1n) is 6.55. The summed E-state index contributed by atoms with van der Waals surface area (Å²) in [5.74, 6) is 1.63. The number of nitrogens with two attached hydrogens (primary N) is 1. The molecule has 0 radical (unpaired) electrons. The van der Waals surface area contributed by atoms with Crippen molar-refractivity contribution in [2.45, 2.75) is 31.1 Å². The Hall–Kier alpha value is -1.53. The molecule has 5 nitrogen and oxygen atoms in total. The van der Waals surface area contributed by atoms with Crippen LogP contribution in [0.4, 0.5) is 0 Å². The van der Waals surface area contributed by atoms with Crippen molar-refractivity contribution < 1.29 is 4.74 Å². The molecule has 0 spiro atoms. The largest absolute Gasteiger partial charge is 0.491 e. The van der Waals surface area contributed by atoms with Gasteiger partial charge >= 0.3 is 0 Å². The molecule has 2 rings (SSSR count). The molecular formula is C14H20N4OS. The van der Waals surface area contributed by atoms with Gasteiger partial charge in [0.15, 0.2) is 5.16 Å². The lowest BCUT2D eigenvalue weighted by Crippen LogP contribution is -2.13. The normalized spacial score (nSPS) is 12.7. The maximum absolute atomic E-state index is 6.19. The number of hydrogen-bond donors (Lipinski definition) is 1. The molecule has 2 aromatic rings. The predicted molar refractivity (Wildman–Crippen MR) is 80.9 cm³/mol. The van der Waals surface area contributed by atoms with E-state index in [4.69, 9.17) is 10.5 Å². The average molecular weight is 292 g/mol. The van der Waals surface area contributed by atoms with Gasteiger partial charge in [0, 0.05) is 18.8 Å². The van der Waals surface area contributed by atoms with E-state index in [0.29, 0.717) is 0 Å².